The van der Waals surface area contributed by atoms with E-state index in [1.165, 1.54) is 17.0 Å². The van der Waals surface area contributed by atoms with Crippen molar-refractivity contribution in [2.24, 2.45) is 0 Å². The molecule has 4 rings (SSSR count). The number of imide groups is 1. The van der Waals surface area contributed by atoms with Crippen molar-refractivity contribution < 1.29 is 23.6 Å². The summed E-state index contributed by atoms with van der Waals surface area (Å²) in [5.41, 5.74) is 2.10. The molecule has 4 amide bonds. The number of fused-ring (bicyclic) bond motifs is 1. The Morgan fingerprint density at radius 3 is 2.73 bits per heavy atom. The van der Waals surface area contributed by atoms with Crippen LogP contribution in [0.3, 0.4) is 0 Å². The molecule has 30 heavy (non-hydrogen) atoms. The maximum absolute atomic E-state index is 13.4. The van der Waals surface area contributed by atoms with Crippen molar-refractivity contribution in [3.63, 3.8) is 0 Å². The average molecular weight is 409 g/mol. The molecular formula is C22H20FN3O4. The summed E-state index contributed by atoms with van der Waals surface area (Å²) < 4.78 is 13.4. The summed E-state index contributed by atoms with van der Waals surface area (Å²) in [7, 11) is 0. The zero-order valence-corrected chi connectivity index (χ0v) is 16.3. The summed E-state index contributed by atoms with van der Waals surface area (Å²) in [6.45, 7) is 1.95. The van der Waals surface area contributed by atoms with Gasteiger partial charge in [-0.1, -0.05) is 12.1 Å². The van der Waals surface area contributed by atoms with Gasteiger partial charge in [0.05, 0.1) is 6.04 Å². The fourth-order valence-electron chi connectivity index (χ4n) is 3.85. The van der Waals surface area contributed by atoms with Crippen LogP contribution in [0, 0.1) is 5.82 Å². The number of carbonyl (C=O) groups excluding carboxylic acids is 4. The van der Waals surface area contributed by atoms with Crippen molar-refractivity contribution in [1.82, 2.24) is 15.5 Å². The van der Waals surface area contributed by atoms with Gasteiger partial charge in [-0.05, 0) is 54.8 Å². The predicted octanol–water partition coefficient (Wildman–Crippen LogP) is 2.08. The summed E-state index contributed by atoms with van der Waals surface area (Å²) in [6.07, 6.45) is 0.463. The van der Waals surface area contributed by atoms with Gasteiger partial charge in [0.2, 0.25) is 11.8 Å². The highest BCUT2D eigenvalue weighted by Gasteiger charge is 2.39. The van der Waals surface area contributed by atoms with E-state index in [2.05, 4.69) is 10.6 Å². The Morgan fingerprint density at radius 2 is 2.00 bits per heavy atom. The second-order valence-corrected chi connectivity index (χ2v) is 7.52. The Labute approximate surface area is 172 Å². The lowest BCUT2D eigenvalue weighted by atomic mass is 10.0. The standard InChI is InChI=1S/C22H20FN3O4/c1-12(13-3-2-4-16(23)10-13)24-20(28)14-5-6-17-15(9-14)11-26(22(17)30)18-7-8-19(27)25-21(18)29/h2-6,9-10,12,18H,7-8,11H2,1H3,(H,24,28)(H,25,27,29)/t12-,18?/m0/s1. The molecule has 0 saturated carbocycles. The van der Waals surface area contributed by atoms with E-state index < -0.39 is 18.0 Å². The molecule has 0 spiro atoms. The topological polar surface area (TPSA) is 95.6 Å². The maximum atomic E-state index is 13.4. The lowest BCUT2D eigenvalue weighted by molar-refractivity contribution is -0.136. The zero-order chi connectivity index (χ0) is 21.4. The third kappa shape index (κ3) is 3.68. The first-order valence-electron chi connectivity index (χ1n) is 9.67. The molecule has 154 valence electrons. The SMILES string of the molecule is C[C@H](NC(=O)c1ccc2c(c1)CN(C1CCC(=O)NC1=O)C2=O)c1cccc(F)c1. The molecule has 2 aliphatic heterocycles. The number of nitrogens with zero attached hydrogens (tertiary/aromatic N) is 1. The summed E-state index contributed by atoms with van der Waals surface area (Å²) >= 11 is 0. The number of amides is 4. The van der Waals surface area contributed by atoms with E-state index in [1.54, 1.807) is 37.3 Å². The van der Waals surface area contributed by atoms with Crippen LogP contribution in [-0.2, 0) is 16.1 Å². The molecule has 8 heteroatoms. The Morgan fingerprint density at radius 1 is 1.20 bits per heavy atom. The van der Waals surface area contributed by atoms with E-state index >= 15 is 0 Å². The first-order valence-corrected chi connectivity index (χ1v) is 9.67. The zero-order valence-electron chi connectivity index (χ0n) is 16.3. The van der Waals surface area contributed by atoms with E-state index in [-0.39, 0.29) is 42.9 Å². The third-order valence-electron chi connectivity index (χ3n) is 5.48. The molecule has 0 aliphatic carbocycles. The largest absolute Gasteiger partial charge is 0.346 e. The van der Waals surface area contributed by atoms with Crippen LogP contribution in [0.25, 0.3) is 0 Å². The molecule has 1 fully saturated rings. The molecular weight excluding hydrogens is 389 g/mol. The normalized spacial score (nSPS) is 19.3. The minimum absolute atomic E-state index is 0.183. The third-order valence-corrected chi connectivity index (χ3v) is 5.48. The van der Waals surface area contributed by atoms with Crippen molar-refractivity contribution >= 4 is 23.6 Å². The van der Waals surface area contributed by atoms with Crippen LogP contribution in [0.1, 0.15) is 57.7 Å². The first-order chi connectivity index (χ1) is 14.3. The van der Waals surface area contributed by atoms with Gasteiger partial charge in [0.1, 0.15) is 11.9 Å². The summed E-state index contributed by atoms with van der Waals surface area (Å²) in [5.74, 6) is -1.83. The lowest BCUT2D eigenvalue weighted by Crippen LogP contribution is -2.52. The lowest BCUT2D eigenvalue weighted by Gasteiger charge is -2.29. The van der Waals surface area contributed by atoms with Gasteiger partial charge in [-0.15, -0.1) is 0 Å². The molecule has 1 unspecified atom stereocenters. The van der Waals surface area contributed by atoms with Crippen LogP contribution in [0.15, 0.2) is 42.5 Å². The number of nitrogens with one attached hydrogen (secondary N) is 2. The molecule has 2 atom stereocenters. The molecule has 2 N–H and O–H groups in total. The second-order valence-electron chi connectivity index (χ2n) is 7.52. The van der Waals surface area contributed by atoms with Gasteiger partial charge in [0.25, 0.3) is 11.8 Å². The van der Waals surface area contributed by atoms with Gasteiger partial charge in [-0.2, -0.15) is 0 Å². The smallest absolute Gasteiger partial charge is 0.255 e. The van der Waals surface area contributed by atoms with Crippen molar-refractivity contribution in [3.05, 3.63) is 70.5 Å². The summed E-state index contributed by atoms with van der Waals surface area (Å²) in [6, 6.07) is 9.67. The van der Waals surface area contributed by atoms with Crippen LogP contribution in [0.5, 0.6) is 0 Å². The van der Waals surface area contributed by atoms with Gasteiger partial charge in [0, 0.05) is 24.1 Å². The molecule has 2 aromatic carbocycles. The number of halogens is 1. The molecule has 7 nitrogen and oxygen atoms in total. The van der Waals surface area contributed by atoms with Gasteiger partial charge < -0.3 is 10.2 Å². The van der Waals surface area contributed by atoms with Crippen LogP contribution >= 0.6 is 0 Å². The Bertz CT molecular complexity index is 1070. The molecule has 0 aromatic heterocycles. The highest BCUT2D eigenvalue weighted by atomic mass is 19.1. The molecule has 1 saturated heterocycles. The van der Waals surface area contributed by atoms with Gasteiger partial charge in [0.15, 0.2) is 0 Å². The van der Waals surface area contributed by atoms with E-state index in [1.807, 2.05) is 0 Å². The quantitative estimate of drug-likeness (QED) is 0.756. The van der Waals surface area contributed by atoms with Crippen LogP contribution in [0.2, 0.25) is 0 Å². The molecule has 2 aromatic rings. The van der Waals surface area contributed by atoms with Crippen LogP contribution in [-0.4, -0.2) is 34.6 Å². The Hall–Kier alpha value is -3.55. The fourth-order valence-corrected chi connectivity index (χ4v) is 3.85. The van der Waals surface area contributed by atoms with E-state index in [0.29, 0.717) is 22.3 Å². The maximum Gasteiger partial charge on any atom is 0.255 e. The minimum atomic E-state index is -0.701. The number of carbonyl (C=O) groups is 4. The Kier molecular flexibility index (Phi) is 5.07. The Balaban J connectivity index is 1.49. The fraction of sp³-hybridized carbons (Fsp3) is 0.273. The summed E-state index contributed by atoms with van der Waals surface area (Å²) in [5, 5.41) is 5.08. The van der Waals surface area contributed by atoms with Gasteiger partial charge in [-0.25, -0.2) is 4.39 Å². The number of rotatable bonds is 4. The predicted molar refractivity (Wildman–Crippen MR) is 105 cm³/mol. The van der Waals surface area contributed by atoms with Gasteiger partial charge in [-0.3, -0.25) is 24.5 Å². The number of hydrogen-bond donors (Lipinski definition) is 2. The minimum Gasteiger partial charge on any atom is -0.346 e. The molecule has 2 heterocycles. The average Bonchev–Trinajstić information content (AvgIpc) is 3.03. The van der Waals surface area contributed by atoms with Crippen molar-refractivity contribution in [2.45, 2.75) is 38.4 Å². The second kappa shape index (κ2) is 7.70. The highest BCUT2D eigenvalue weighted by molar-refractivity contribution is 6.06. The van der Waals surface area contributed by atoms with E-state index in [9.17, 15) is 23.6 Å². The van der Waals surface area contributed by atoms with E-state index in [0.717, 1.165) is 0 Å². The highest BCUT2D eigenvalue weighted by Crippen LogP contribution is 2.28. The van der Waals surface area contributed by atoms with Gasteiger partial charge >= 0.3 is 0 Å². The van der Waals surface area contributed by atoms with Crippen LogP contribution < -0.4 is 10.6 Å². The number of piperidine rings is 1. The summed E-state index contributed by atoms with van der Waals surface area (Å²) in [4.78, 5) is 50.3. The first kappa shape index (κ1) is 19.8. The van der Waals surface area contributed by atoms with Crippen molar-refractivity contribution in [3.8, 4) is 0 Å². The molecule has 0 bridgehead atoms. The number of hydrogen-bond acceptors (Lipinski definition) is 4. The van der Waals surface area contributed by atoms with Crippen molar-refractivity contribution in [1.29, 1.82) is 0 Å². The van der Waals surface area contributed by atoms with Crippen LogP contribution in [0.4, 0.5) is 4.39 Å². The molecule has 0 radical (unpaired) electrons. The number of benzene rings is 2. The van der Waals surface area contributed by atoms with E-state index in [4.69, 9.17) is 0 Å². The van der Waals surface area contributed by atoms with Crippen molar-refractivity contribution in [2.75, 3.05) is 0 Å². The molecule has 2 aliphatic rings. The monoisotopic (exact) mass is 409 g/mol.